The minimum Gasteiger partial charge on any atom is -0.507 e. The molecule has 38 heavy (non-hydrogen) atoms. The van der Waals surface area contributed by atoms with E-state index in [4.69, 9.17) is 9.47 Å². The Labute approximate surface area is 220 Å². The molecule has 3 aromatic rings. The van der Waals surface area contributed by atoms with E-state index in [9.17, 15) is 23.1 Å². The number of aromatic nitrogens is 1. The van der Waals surface area contributed by atoms with Crippen molar-refractivity contribution in [2.75, 3.05) is 28.3 Å². The number of hydrogen-bond donors (Lipinski definition) is 1. The van der Waals surface area contributed by atoms with Gasteiger partial charge < -0.3 is 19.5 Å². The molecule has 2 aromatic carbocycles. The Bertz CT molecular complexity index is 1500. The van der Waals surface area contributed by atoms with Gasteiger partial charge in [-0.3, -0.25) is 14.6 Å². The first-order valence-corrected chi connectivity index (χ1v) is 13.0. The number of ketones is 1. The standard InChI is InChI=1S/C27H27N3O7S/c1-29(2)38(34,35)20-10-7-18(8-11-20)25(31)23-24(19-9-12-21(36-3)22(14-19)37-4)30(27(33)26(23)32)16-17-6-5-13-28-15-17/h5-15,24,31H,16H2,1-4H3/b25-23-. The maximum atomic E-state index is 13.3. The number of aliphatic hydroxyl groups is 1. The molecule has 1 N–H and O–H groups in total. The Morgan fingerprint density at radius 2 is 1.71 bits per heavy atom. The summed E-state index contributed by atoms with van der Waals surface area (Å²) in [5.41, 5.74) is 1.26. The number of Topliss-reactive ketones (excluding diaryl/α,β-unsaturated/α-hetero) is 1. The highest BCUT2D eigenvalue weighted by Crippen LogP contribution is 2.42. The quantitative estimate of drug-likeness (QED) is 0.264. The highest BCUT2D eigenvalue weighted by molar-refractivity contribution is 7.89. The molecule has 1 atom stereocenters. The lowest BCUT2D eigenvalue weighted by atomic mass is 9.95. The molecule has 0 bridgehead atoms. The van der Waals surface area contributed by atoms with Gasteiger partial charge in [-0.15, -0.1) is 0 Å². The van der Waals surface area contributed by atoms with Gasteiger partial charge in [-0.05, 0) is 53.6 Å². The molecule has 0 radical (unpaired) electrons. The first kappa shape index (κ1) is 26.8. The molecule has 1 unspecified atom stereocenters. The molecule has 1 amide bonds. The van der Waals surface area contributed by atoms with Crippen LogP contribution in [0.25, 0.3) is 5.76 Å². The van der Waals surface area contributed by atoms with Gasteiger partial charge in [0.1, 0.15) is 5.76 Å². The molecule has 2 heterocycles. The van der Waals surface area contributed by atoms with Crippen LogP contribution in [0, 0.1) is 0 Å². The second-order valence-corrected chi connectivity index (χ2v) is 10.9. The van der Waals surface area contributed by atoms with E-state index in [0.29, 0.717) is 22.6 Å². The van der Waals surface area contributed by atoms with Gasteiger partial charge in [-0.25, -0.2) is 12.7 Å². The van der Waals surface area contributed by atoms with Crippen LogP contribution in [0.3, 0.4) is 0 Å². The third-order valence-electron chi connectivity index (χ3n) is 6.25. The van der Waals surface area contributed by atoms with Gasteiger partial charge in [0.25, 0.3) is 11.7 Å². The van der Waals surface area contributed by atoms with Crippen molar-refractivity contribution in [1.82, 2.24) is 14.2 Å². The number of sulfonamides is 1. The van der Waals surface area contributed by atoms with Crippen molar-refractivity contribution in [2.45, 2.75) is 17.5 Å². The van der Waals surface area contributed by atoms with Gasteiger partial charge >= 0.3 is 0 Å². The number of rotatable bonds is 8. The number of benzene rings is 2. The number of methoxy groups -OCH3 is 2. The second-order valence-electron chi connectivity index (χ2n) is 8.71. The fourth-order valence-corrected chi connectivity index (χ4v) is 5.15. The smallest absolute Gasteiger partial charge is 0.295 e. The molecule has 1 aliphatic rings. The lowest BCUT2D eigenvalue weighted by molar-refractivity contribution is -0.140. The molecule has 1 aliphatic heterocycles. The summed E-state index contributed by atoms with van der Waals surface area (Å²) in [6.45, 7) is 0.0637. The van der Waals surface area contributed by atoms with Crippen LogP contribution in [0.15, 0.2) is 77.5 Å². The number of hydrogen-bond acceptors (Lipinski definition) is 8. The molecule has 4 rings (SSSR count). The zero-order valence-electron chi connectivity index (χ0n) is 21.3. The summed E-state index contributed by atoms with van der Waals surface area (Å²) in [6, 6.07) is 13.0. The van der Waals surface area contributed by atoms with E-state index >= 15 is 0 Å². The van der Waals surface area contributed by atoms with Crippen LogP contribution in [-0.2, 0) is 26.2 Å². The summed E-state index contributed by atoms with van der Waals surface area (Å²) in [5, 5.41) is 11.3. The molecule has 198 valence electrons. The predicted molar refractivity (Wildman–Crippen MR) is 139 cm³/mol. The molecule has 1 fully saturated rings. The van der Waals surface area contributed by atoms with Crippen LogP contribution < -0.4 is 9.47 Å². The summed E-state index contributed by atoms with van der Waals surface area (Å²) in [6.07, 6.45) is 3.19. The first-order valence-electron chi connectivity index (χ1n) is 11.5. The minimum absolute atomic E-state index is 0.0209. The van der Waals surface area contributed by atoms with Crippen molar-refractivity contribution >= 4 is 27.5 Å². The summed E-state index contributed by atoms with van der Waals surface area (Å²) in [5.74, 6) is -1.24. The predicted octanol–water partition coefficient (Wildman–Crippen LogP) is 2.97. The Morgan fingerprint density at radius 1 is 1.03 bits per heavy atom. The van der Waals surface area contributed by atoms with Gasteiger partial charge in [0.2, 0.25) is 10.0 Å². The lowest BCUT2D eigenvalue weighted by Gasteiger charge is -2.26. The monoisotopic (exact) mass is 537 g/mol. The summed E-state index contributed by atoms with van der Waals surface area (Å²) in [4.78, 5) is 32.0. The zero-order chi connectivity index (χ0) is 27.6. The second kappa shape index (κ2) is 10.6. The molecule has 1 saturated heterocycles. The van der Waals surface area contributed by atoms with E-state index in [1.54, 1.807) is 42.7 Å². The van der Waals surface area contributed by atoms with Crippen LogP contribution in [0.4, 0.5) is 0 Å². The van der Waals surface area contributed by atoms with Gasteiger partial charge in [-0.1, -0.05) is 12.1 Å². The van der Waals surface area contributed by atoms with E-state index in [0.717, 1.165) is 4.31 Å². The topological polar surface area (TPSA) is 126 Å². The maximum absolute atomic E-state index is 13.3. The van der Waals surface area contributed by atoms with E-state index in [-0.39, 0.29) is 22.6 Å². The van der Waals surface area contributed by atoms with E-state index in [1.807, 2.05) is 0 Å². The summed E-state index contributed by atoms with van der Waals surface area (Å²) in [7, 11) is 2.09. The van der Waals surface area contributed by atoms with Crippen molar-refractivity contribution in [1.29, 1.82) is 0 Å². The Balaban J connectivity index is 1.87. The third-order valence-corrected chi connectivity index (χ3v) is 8.07. The largest absolute Gasteiger partial charge is 0.507 e. The normalized spacial score (nSPS) is 17.2. The highest BCUT2D eigenvalue weighted by atomic mass is 32.2. The molecule has 0 aliphatic carbocycles. The minimum atomic E-state index is -3.69. The zero-order valence-corrected chi connectivity index (χ0v) is 22.1. The molecular formula is C27H27N3O7S. The average molecular weight is 538 g/mol. The fourth-order valence-electron chi connectivity index (χ4n) is 4.25. The number of carbonyl (C=O) groups excluding carboxylic acids is 2. The number of carbonyl (C=O) groups is 2. The van der Waals surface area contributed by atoms with Crippen molar-refractivity contribution in [3.8, 4) is 11.5 Å². The van der Waals surface area contributed by atoms with Crippen LogP contribution in [0.1, 0.15) is 22.7 Å². The van der Waals surface area contributed by atoms with E-state index < -0.39 is 33.5 Å². The third kappa shape index (κ3) is 4.85. The molecule has 11 heteroatoms. The number of likely N-dealkylation sites (tertiary alicyclic amines) is 1. The lowest BCUT2D eigenvalue weighted by Crippen LogP contribution is -2.29. The number of pyridine rings is 1. The molecule has 0 saturated carbocycles. The van der Waals surface area contributed by atoms with E-state index in [1.165, 1.54) is 57.5 Å². The van der Waals surface area contributed by atoms with Gasteiger partial charge in [0, 0.05) is 38.6 Å². The summed E-state index contributed by atoms with van der Waals surface area (Å²) < 4.78 is 36.7. The number of aliphatic hydroxyl groups excluding tert-OH is 1. The van der Waals surface area contributed by atoms with Crippen molar-refractivity contribution in [2.24, 2.45) is 0 Å². The Kier molecular flexibility index (Phi) is 7.51. The number of nitrogens with zero attached hydrogens (tertiary/aromatic N) is 3. The van der Waals surface area contributed by atoms with E-state index in [2.05, 4.69) is 4.98 Å². The van der Waals surface area contributed by atoms with Crippen LogP contribution in [0.2, 0.25) is 0 Å². The molecule has 0 spiro atoms. The fraction of sp³-hybridized carbons (Fsp3) is 0.222. The number of amides is 1. The van der Waals surface area contributed by atoms with Crippen molar-refractivity contribution in [3.05, 3.63) is 89.3 Å². The first-order chi connectivity index (χ1) is 18.1. The Morgan fingerprint density at radius 3 is 2.29 bits per heavy atom. The van der Waals surface area contributed by atoms with Gasteiger partial charge in [-0.2, -0.15) is 0 Å². The van der Waals surface area contributed by atoms with Crippen LogP contribution in [0.5, 0.6) is 11.5 Å². The molecule has 1 aromatic heterocycles. The molecule has 10 nitrogen and oxygen atoms in total. The Hall–Kier alpha value is -4.22. The van der Waals surface area contributed by atoms with Crippen molar-refractivity contribution in [3.63, 3.8) is 0 Å². The number of ether oxygens (including phenoxy) is 2. The molecular weight excluding hydrogens is 510 g/mol. The summed E-state index contributed by atoms with van der Waals surface area (Å²) >= 11 is 0. The van der Waals surface area contributed by atoms with Crippen LogP contribution in [-0.4, -0.2) is 67.7 Å². The highest BCUT2D eigenvalue weighted by Gasteiger charge is 2.46. The average Bonchev–Trinajstić information content (AvgIpc) is 3.17. The van der Waals surface area contributed by atoms with Crippen LogP contribution >= 0.6 is 0 Å². The van der Waals surface area contributed by atoms with Gasteiger partial charge in [0.15, 0.2) is 11.5 Å². The SMILES string of the molecule is COc1ccc(C2/C(=C(/O)c3ccc(S(=O)(=O)N(C)C)cc3)C(=O)C(=O)N2Cc2cccnc2)cc1OC. The van der Waals surface area contributed by atoms with Crippen molar-refractivity contribution < 1.29 is 32.6 Å². The van der Waals surface area contributed by atoms with Gasteiger partial charge in [0.05, 0.1) is 30.7 Å². The maximum Gasteiger partial charge on any atom is 0.295 e.